The van der Waals surface area contributed by atoms with Gasteiger partial charge in [-0.3, -0.25) is 9.69 Å². The van der Waals surface area contributed by atoms with Gasteiger partial charge in [0.15, 0.2) is 5.78 Å². The number of carbonyl (C=O) groups excluding carboxylic acids is 1. The van der Waals surface area contributed by atoms with Crippen molar-refractivity contribution in [1.82, 2.24) is 9.80 Å². The summed E-state index contributed by atoms with van der Waals surface area (Å²) in [7, 11) is 4.25. The Morgan fingerprint density at radius 3 is 2.24 bits per heavy atom. The molecule has 1 heterocycles. The zero-order valence-corrected chi connectivity index (χ0v) is 14.2. The second-order valence-electron chi connectivity index (χ2n) is 6.90. The van der Waals surface area contributed by atoms with Gasteiger partial charge in [0.25, 0.3) is 0 Å². The zero-order valence-electron chi connectivity index (χ0n) is 14.2. The summed E-state index contributed by atoms with van der Waals surface area (Å²) in [6, 6.07) is 4.77. The average molecular weight is 288 g/mol. The van der Waals surface area contributed by atoms with Gasteiger partial charge in [-0.25, -0.2) is 0 Å². The summed E-state index contributed by atoms with van der Waals surface area (Å²) in [5.74, 6) is 0.879. The Morgan fingerprint density at radius 2 is 1.76 bits per heavy atom. The lowest BCUT2D eigenvalue weighted by atomic mass is 9.96. The maximum Gasteiger partial charge on any atom is 0.177 e. The summed E-state index contributed by atoms with van der Waals surface area (Å²) in [4.78, 5) is 17.3. The molecular formula is C18H28N2O. The molecule has 0 aromatic heterocycles. The minimum absolute atomic E-state index is 0.261. The molecule has 0 bridgehead atoms. The van der Waals surface area contributed by atoms with E-state index in [9.17, 15) is 4.79 Å². The van der Waals surface area contributed by atoms with Gasteiger partial charge in [-0.1, -0.05) is 24.6 Å². The van der Waals surface area contributed by atoms with Crippen LogP contribution >= 0.6 is 0 Å². The van der Waals surface area contributed by atoms with E-state index in [2.05, 4.69) is 49.9 Å². The first-order valence-corrected chi connectivity index (χ1v) is 7.79. The quantitative estimate of drug-likeness (QED) is 0.796. The third-order valence-corrected chi connectivity index (χ3v) is 4.63. The van der Waals surface area contributed by atoms with E-state index in [1.807, 2.05) is 13.8 Å². The van der Waals surface area contributed by atoms with E-state index in [0.29, 0.717) is 18.5 Å². The van der Waals surface area contributed by atoms with Gasteiger partial charge in [-0.15, -0.1) is 0 Å². The van der Waals surface area contributed by atoms with Crippen LogP contribution in [0.5, 0.6) is 0 Å². The van der Waals surface area contributed by atoms with E-state index in [0.717, 1.165) is 29.8 Å². The summed E-state index contributed by atoms with van der Waals surface area (Å²) >= 11 is 0. The number of ketones is 1. The molecule has 2 rings (SSSR count). The molecule has 1 fully saturated rings. The van der Waals surface area contributed by atoms with Crippen molar-refractivity contribution < 1.29 is 4.79 Å². The second kappa shape index (κ2) is 6.29. The minimum Gasteiger partial charge on any atom is -0.305 e. The zero-order chi connectivity index (χ0) is 15.7. The van der Waals surface area contributed by atoms with Gasteiger partial charge in [-0.05, 0) is 51.9 Å². The summed E-state index contributed by atoms with van der Waals surface area (Å²) in [6.07, 6.45) is 0. The summed E-state index contributed by atoms with van der Waals surface area (Å²) in [6.45, 7) is 11.0. The summed E-state index contributed by atoms with van der Waals surface area (Å²) in [5.41, 5.74) is 4.35. The van der Waals surface area contributed by atoms with Gasteiger partial charge >= 0.3 is 0 Å². The highest BCUT2D eigenvalue weighted by Crippen LogP contribution is 2.22. The first-order valence-electron chi connectivity index (χ1n) is 7.79. The van der Waals surface area contributed by atoms with E-state index in [1.54, 1.807) is 0 Å². The smallest absolute Gasteiger partial charge is 0.177 e. The van der Waals surface area contributed by atoms with Crippen molar-refractivity contribution in [2.75, 3.05) is 33.7 Å². The molecule has 0 N–H and O–H groups in total. The molecule has 3 heteroatoms. The molecule has 1 aliphatic heterocycles. The van der Waals surface area contributed by atoms with Crippen LogP contribution in [-0.2, 0) is 0 Å². The lowest BCUT2D eigenvalue weighted by Gasteiger charge is -2.22. The van der Waals surface area contributed by atoms with Crippen molar-refractivity contribution in [3.63, 3.8) is 0 Å². The Balaban J connectivity index is 2.10. The van der Waals surface area contributed by atoms with Crippen LogP contribution in [0, 0.1) is 26.7 Å². The molecule has 0 spiro atoms. The fourth-order valence-electron chi connectivity index (χ4n) is 3.75. The van der Waals surface area contributed by atoms with Crippen LogP contribution in [-0.4, -0.2) is 55.4 Å². The Kier molecular flexibility index (Phi) is 4.84. The van der Waals surface area contributed by atoms with E-state index in [-0.39, 0.29) is 5.78 Å². The highest BCUT2D eigenvalue weighted by Gasteiger charge is 2.32. The van der Waals surface area contributed by atoms with Crippen LogP contribution in [0.15, 0.2) is 12.1 Å². The van der Waals surface area contributed by atoms with Crippen LogP contribution in [0.25, 0.3) is 0 Å². The van der Waals surface area contributed by atoms with E-state index < -0.39 is 0 Å². The predicted octanol–water partition coefficient (Wildman–Crippen LogP) is 2.68. The number of likely N-dealkylation sites (N-methyl/N-ethyl adjacent to an activating group) is 1. The fraction of sp³-hybridized carbons (Fsp3) is 0.611. The Morgan fingerprint density at radius 1 is 1.19 bits per heavy atom. The number of hydrogen-bond donors (Lipinski definition) is 0. The number of Topliss-reactive ketones (excluding diaryl/α,β-unsaturated/α-hetero) is 1. The number of likely N-dealkylation sites (tertiary alicyclic amines) is 1. The fourth-order valence-corrected chi connectivity index (χ4v) is 3.75. The number of carbonyl (C=O) groups is 1. The van der Waals surface area contributed by atoms with Crippen LogP contribution in [0.3, 0.4) is 0 Å². The van der Waals surface area contributed by atoms with Gasteiger partial charge in [0, 0.05) is 24.7 Å². The molecule has 2 unspecified atom stereocenters. The molecule has 1 aromatic carbocycles. The largest absolute Gasteiger partial charge is 0.305 e. The molecule has 0 amide bonds. The number of hydrogen-bond acceptors (Lipinski definition) is 3. The maximum absolute atomic E-state index is 12.7. The lowest BCUT2D eigenvalue weighted by molar-refractivity contribution is 0.0940. The standard InChI is InChI=1S/C18H28N2O/c1-12-7-13(2)18(14(3)8-12)17(21)11-20-9-15(4)16(10-20)19(5)6/h7-8,15-16H,9-11H2,1-6H3. The predicted molar refractivity (Wildman–Crippen MR) is 88.1 cm³/mol. The van der Waals surface area contributed by atoms with Crippen molar-refractivity contribution >= 4 is 5.78 Å². The topological polar surface area (TPSA) is 23.6 Å². The number of benzene rings is 1. The van der Waals surface area contributed by atoms with Crippen molar-refractivity contribution in [3.8, 4) is 0 Å². The Labute approximate surface area is 128 Å². The lowest BCUT2D eigenvalue weighted by Crippen LogP contribution is -2.35. The second-order valence-corrected chi connectivity index (χ2v) is 6.90. The number of aryl methyl sites for hydroxylation is 3. The number of nitrogens with zero attached hydrogens (tertiary/aromatic N) is 2. The van der Waals surface area contributed by atoms with Gasteiger partial charge < -0.3 is 4.90 Å². The number of rotatable bonds is 4. The minimum atomic E-state index is 0.261. The van der Waals surface area contributed by atoms with Gasteiger partial charge in [0.1, 0.15) is 0 Å². The maximum atomic E-state index is 12.7. The van der Waals surface area contributed by atoms with Crippen LogP contribution in [0.2, 0.25) is 0 Å². The van der Waals surface area contributed by atoms with Crippen molar-refractivity contribution in [3.05, 3.63) is 34.4 Å². The Hall–Kier alpha value is -1.19. The molecule has 1 aliphatic rings. The summed E-state index contributed by atoms with van der Waals surface area (Å²) < 4.78 is 0. The van der Waals surface area contributed by atoms with E-state index in [4.69, 9.17) is 0 Å². The summed E-state index contributed by atoms with van der Waals surface area (Å²) in [5, 5.41) is 0. The van der Waals surface area contributed by atoms with Crippen molar-refractivity contribution in [2.45, 2.75) is 33.7 Å². The molecule has 0 saturated carbocycles. The van der Waals surface area contributed by atoms with Crippen molar-refractivity contribution in [1.29, 1.82) is 0 Å². The molecule has 1 saturated heterocycles. The molecule has 2 atom stereocenters. The third-order valence-electron chi connectivity index (χ3n) is 4.63. The molecule has 0 radical (unpaired) electrons. The van der Waals surface area contributed by atoms with Gasteiger partial charge in [0.2, 0.25) is 0 Å². The van der Waals surface area contributed by atoms with Gasteiger partial charge in [-0.2, -0.15) is 0 Å². The first-order chi connectivity index (χ1) is 9.79. The normalized spacial score (nSPS) is 23.0. The SMILES string of the molecule is Cc1cc(C)c(C(=O)CN2CC(C)C(N(C)C)C2)c(C)c1. The van der Waals surface area contributed by atoms with E-state index >= 15 is 0 Å². The molecule has 1 aromatic rings. The van der Waals surface area contributed by atoms with Crippen LogP contribution < -0.4 is 0 Å². The van der Waals surface area contributed by atoms with Crippen LogP contribution in [0.1, 0.15) is 34.0 Å². The molecule has 3 nitrogen and oxygen atoms in total. The van der Waals surface area contributed by atoms with Gasteiger partial charge in [0.05, 0.1) is 6.54 Å². The molecular weight excluding hydrogens is 260 g/mol. The average Bonchev–Trinajstić information content (AvgIpc) is 2.68. The monoisotopic (exact) mass is 288 g/mol. The Bertz CT molecular complexity index is 513. The molecule has 116 valence electrons. The molecule has 21 heavy (non-hydrogen) atoms. The highest BCUT2D eigenvalue weighted by molar-refractivity contribution is 6.00. The third kappa shape index (κ3) is 3.53. The molecule has 0 aliphatic carbocycles. The van der Waals surface area contributed by atoms with Crippen LogP contribution in [0.4, 0.5) is 0 Å². The van der Waals surface area contributed by atoms with E-state index in [1.165, 1.54) is 5.56 Å². The first kappa shape index (κ1) is 16.2. The van der Waals surface area contributed by atoms with Crippen molar-refractivity contribution in [2.24, 2.45) is 5.92 Å². The highest BCUT2D eigenvalue weighted by atomic mass is 16.1.